The van der Waals surface area contributed by atoms with Gasteiger partial charge in [-0.1, -0.05) is 12.1 Å². The molecule has 0 radical (unpaired) electrons. The van der Waals surface area contributed by atoms with Crippen LogP contribution in [0.3, 0.4) is 0 Å². The van der Waals surface area contributed by atoms with Crippen molar-refractivity contribution in [2.24, 2.45) is 5.92 Å². The Kier molecular flexibility index (Phi) is 4.02. The summed E-state index contributed by atoms with van der Waals surface area (Å²) < 4.78 is 11.1. The van der Waals surface area contributed by atoms with E-state index in [1.807, 2.05) is 30.3 Å². The van der Waals surface area contributed by atoms with E-state index in [1.54, 1.807) is 13.2 Å². The van der Waals surface area contributed by atoms with E-state index in [0.29, 0.717) is 17.4 Å². The number of ether oxygens (including phenoxy) is 1. The van der Waals surface area contributed by atoms with Crippen molar-refractivity contribution in [3.05, 3.63) is 42.2 Å². The number of rotatable bonds is 4. The highest BCUT2D eigenvalue weighted by Crippen LogP contribution is 2.31. The van der Waals surface area contributed by atoms with Crippen LogP contribution in [0.2, 0.25) is 0 Å². The second-order valence-corrected chi connectivity index (χ2v) is 6.58. The molecule has 4 heterocycles. The van der Waals surface area contributed by atoms with Crippen LogP contribution in [0.15, 0.2) is 40.8 Å². The van der Waals surface area contributed by atoms with Gasteiger partial charge < -0.3 is 19.4 Å². The van der Waals surface area contributed by atoms with E-state index in [9.17, 15) is 4.79 Å². The summed E-state index contributed by atoms with van der Waals surface area (Å²) in [5.41, 5.74) is 0.849. The van der Waals surface area contributed by atoms with Crippen molar-refractivity contribution in [1.82, 2.24) is 10.2 Å². The van der Waals surface area contributed by atoms with Crippen molar-refractivity contribution in [1.29, 1.82) is 0 Å². The molecule has 1 aromatic heterocycles. The van der Waals surface area contributed by atoms with Crippen LogP contribution in [0, 0.1) is 5.92 Å². The Morgan fingerprint density at radius 2 is 2.00 bits per heavy atom. The largest absolute Gasteiger partial charge is 0.496 e. The van der Waals surface area contributed by atoms with Crippen LogP contribution in [-0.2, 0) is 0 Å². The molecule has 24 heavy (non-hydrogen) atoms. The first-order chi connectivity index (χ1) is 11.7. The third-order valence-electron chi connectivity index (χ3n) is 5.17. The molecule has 0 saturated carbocycles. The standard InChI is InChI=1S/C19H22N2O3/c1-23-16-5-3-2-4-14(16)17-6-7-18(24-17)19(22)20-15-12-21-10-8-13(15)9-11-21/h2-7,13,15H,8-12H2,1H3,(H,20,22). The number of furan rings is 1. The monoisotopic (exact) mass is 326 g/mol. The zero-order chi connectivity index (χ0) is 16.5. The molecule has 1 amide bonds. The molecule has 3 saturated heterocycles. The number of benzene rings is 1. The maximum Gasteiger partial charge on any atom is 0.287 e. The average molecular weight is 326 g/mol. The van der Waals surface area contributed by atoms with Crippen molar-refractivity contribution in [3.63, 3.8) is 0 Å². The summed E-state index contributed by atoms with van der Waals surface area (Å²) >= 11 is 0. The summed E-state index contributed by atoms with van der Waals surface area (Å²) in [5.74, 6) is 2.20. The topological polar surface area (TPSA) is 54.7 Å². The zero-order valence-corrected chi connectivity index (χ0v) is 13.8. The Labute approximate surface area is 141 Å². The minimum Gasteiger partial charge on any atom is -0.496 e. The fraction of sp³-hybridized carbons (Fsp3) is 0.421. The van der Waals surface area contributed by atoms with E-state index in [0.717, 1.165) is 30.9 Å². The van der Waals surface area contributed by atoms with Gasteiger partial charge in [-0.3, -0.25) is 4.79 Å². The number of nitrogens with one attached hydrogen (secondary N) is 1. The summed E-state index contributed by atoms with van der Waals surface area (Å²) in [6, 6.07) is 11.4. The molecule has 0 aliphatic carbocycles. The highest BCUT2D eigenvalue weighted by atomic mass is 16.5. The molecule has 126 valence electrons. The predicted molar refractivity (Wildman–Crippen MR) is 91.1 cm³/mol. The van der Waals surface area contributed by atoms with Gasteiger partial charge in [-0.15, -0.1) is 0 Å². The van der Waals surface area contributed by atoms with E-state index < -0.39 is 0 Å². The lowest BCUT2D eigenvalue weighted by molar-refractivity contribution is 0.0606. The van der Waals surface area contributed by atoms with E-state index in [2.05, 4.69) is 10.2 Å². The molecule has 1 unspecified atom stereocenters. The lowest BCUT2D eigenvalue weighted by Gasteiger charge is -2.44. The predicted octanol–water partition coefficient (Wildman–Crippen LogP) is 2.78. The molecule has 1 aromatic carbocycles. The van der Waals surface area contributed by atoms with Gasteiger partial charge in [0.2, 0.25) is 0 Å². The normalized spacial score (nSPS) is 25.5. The van der Waals surface area contributed by atoms with Crippen LogP contribution >= 0.6 is 0 Å². The van der Waals surface area contributed by atoms with Crippen LogP contribution in [0.5, 0.6) is 5.75 Å². The molecule has 2 aromatic rings. The van der Waals surface area contributed by atoms with Crippen LogP contribution in [0.4, 0.5) is 0 Å². The van der Waals surface area contributed by atoms with Crippen molar-refractivity contribution >= 4 is 5.91 Å². The number of para-hydroxylation sites is 1. The first kappa shape index (κ1) is 15.3. The van der Waals surface area contributed by atoms with Crippen LogP contribution in [0.25, 0.3) is 11.3 Å². The Morgan fingerprint density at radius 1 is 1.21 bits per heavy atom. The Balaban J connectivity index is 1.49. The number of fused-ring (bicyclic) bond motifs is 3. The van der Waals surface area contributed by atoms with E-state index in [4.69, 9.17) is 9.15 Å². The number of nitrogens with zero attached hydrogens (tertiary/aromatic N) is 1. The minimum absolute atomic E-state index is 0.130. The molecule has 2 bridgehead atoms. The first-order valence-electron chi connectivity index (χ1n) is 8.51. The summed E-state index contributed by atoms with van der Waals surface area (Å²) in [6.45, 7) is 3.28. The third-order valence-corrected chi connectivity index (χ3v) is 5.17. The molecule has 5 rings (SSSR count). The maximum atomic E-state index is 12.5. The molecule has 3 aliphatic heterocycles. The highest BCUT2D eigenvalue weighted by Gasteiger charge is 2.35. The van der Waals surface area contributed by atoms with Crippen LogP contribution in [0.1, 0.15) is 23.4 Å². The quantitative estimate of drug-likeness (QED) is 0.939. The van der Waals surface area contributed by atoms with Gasteiger partial charge in [0.05, 0.1) is 12.7 Å². The van der Waals surface area contributed by atoms with Gasteiger partial charge in [-0.05, 0) is 56.1 Å². The molecule has 5 heteroatoms. The SMILES string of the molecule is COc1ccccc1-c1ccc(C(=O)NC2CN3CCC2CC3)o1. The molecule has 0 spiro atoms. The fourth-order valence-electron chi connectivity index (χ4n) is 3.82. The number of amides is 1. The molecule has 3 fully saturated rings. The maximum absolute atomic E-state index is 12.5. The van der Waals surface area contributed by atoms with Crippen LogP contribution in [-0.4, -0.2) is 43.6 Å². The van der Waals surface area contributed by atoms with Crippen LogP contribution < -0.4 is 10.1 Å². The molecular formula is C19H22N2O3. The highest BCUT2D eigenvalue weighted by molar-refractivity contribution is 5.92. The number of carbonyl (C=O) groups is 1. The molecule has 3 aliphatic rings. The van der Waals surface area contributed by atoms with Gasteiger partial charge in [0.25, 0.3) is 5.91 Å². The second-order valence-electron chi connectivity index (χ2n) is 6.58. The summed E-state index contributed by atoms with van der Waals surface area (Å²) in [6.07, 6.45) is 2.35. The summed E-state index contributed by atoms with van der Waals surface area (Å²) in [7, 11) is 1.63. The Bertz CT molecular complexity index is 732. The van der Waals surface area contributed by atoms with Gasteiger partial charge in [-0.25, -0.2) is 0 Å². The number of methoxy groups -OCH3 is 1. The molecule has 1 atom stereocenters. The first-order valence-corrected chi connectivity index (χ1v) is 8.51. The van der Waals surface area contributed by atoms with Gasteiger partial charge in [-0.2, -0.15) is 0 Å². The third kappa shape index (κ3) is 2.80. The Morgan fingerprint density at radius 3 is 2.71 bits per heavy atom. The van der Waals surface area contributed by atoms with E-state index in [1.165, 1.54) is 12.8 Å². The van der Waals surface area contributed by atoms with Gasteiger partial charge in [0, 0.05) is 12.6 Å². The van der Waals surface area contributed by atoms with Gasteiger partial charge in [0.1, 0.15) is 11.5 Å². The van der Waals surface area contributed by atoms with Gasteiger partial charge >= 0.3 is 0 Å². The molecular weight excluding hydrogens is 304 g/mol. The lowest BCUT2D eigenvalue weighted by atomic mass is 9.84. The number of hydrogen-bond acceptors (Lipinski definition) is 4. The smallest absolute Gasteiger partial charge is 0.287 e. The van der Waals surface area contributed by atoms with E-state index >= 15 is 0 Å². The minimum atomic E-state index is -0.130. The van der Waals surface area contributed by atoms with Crippen molar-refractivity contribution < 1.29 is 13.9 Å². The van der Waals surface area contributed by atoms with Crippen molar-refractivity contribution in [2.45, 2.75) is 18.9 Å². The number of carbonyl (C=O) groups excluding carboxylic acids is 1. The second kappa shape index (κ2) is 6.32. The Hall–Kier alpha value is -2.27. The zero-order valence-electron chi connectivity index (χ0n) is 13.8. The van der Waals surface area contributed by atoms with Crippen molar-refractivity contribution in [2.75, 3.05) is 26.7 Å². The number of hydrogen-bond donors (Lipinski definition) is 1. The summed E-state index contributed by atoms with van der Waals surface area (Å²) in [4.78, 5) is 15.0. The fourth-order valence-corrected chi connectivity index (χ4v) is 3.82. The number of piperidine rings is 3. The van der Waals surface area contributed by atoms with Crippen molar-refractivity contribution in [3.8, 4) is 17.1 Å². The van der Waals surface area contributed by atoms with E-state index in [-0.39, 0.29) is 11.9 Å². The molecule has 5 nitrogen and oxygen atoms in total. The molecule has 1 N–H and O–H groups in total. The van der Waals surface area contributed by atoms with Gasteiger partial charge in [0.15, 0.2) is 5.76 Å². The summed E-state index contributed by atoms with van der Waals surface area (Å²) in [5, 5.41) is 3.15. The average Bonchev–Trinajstić information content (AvgIpc) is 3.13. The lowest BCUT2D eigenvalue weighted by Crippen LogP contribution is -2.57.